The summed E-state index contributed by atoms with van der Waals surface area (Å²) in [4.78, 5) is 20.8. The molecule has 1 fully saturated rings. The van der Waals surface area contributed by atoms with E-state index in [0.717, 1.165) is 37.3 Å². The molecule has 2 aromatic heterocycles. The van der Waals surface area contributed by atoms with Crippen LogP contribution in [0.1, 0.15) is 30.4 Å². The molecular formula is C28H27N5O3. The summed E-state index contributed by atoms with van der Waals surface area (Å²) < 4.78 is 15.5. The molecule has 1 unspecified atom stereocenters. The minimum atomic E-state index is -0.327. The second-order valence-electron chi connectivity index (χ2n) is 9.33. The van der Waals surface area contributed by atoms with Crippen LogP contribution in [0.4, 0.5) is 5.82 Å². The molecule has 36 heavy (non-hydrogen) atoms. The number of para-hydroxylation sites is 2. The molecule has 8 heteroatoms. The number of anilines is 1. The van der Waals surface area contributed by atoms with Crippen molar-refractivity contribution in [2.75, 3.05) is 24.6 Å². The molecule has 182 valence electrons. The molecule has 2 aliphatic rings. The molecule has 6 rings (SSSR count). The number of hydrogen-bond acceptors (Lipinski definition) is 6. The average molecular weight is 482 g/mol. The van der Waals surface area contributed by atoms with E-state index >= 15 is 0 Å². The van der Waals surface area contributed by atoms with Crippen LogP contribution in [0.15, 0.2) is 65.7 Å². The van der Waals surface area contributed by atoms with Gasteiger partial charge in [-0.25, -0.2) is 4.98 Å². The number of fused-ring (bicyclic) bond motifs is 2. The van der Waals surface area contributed by atoms with Gasteiger partial charge in [0, 0.05) is 19.6 Å². The lowest BCUT2D eigenvalue weighted by atomic mass is 10.1. The van der Waals surface area contributed by atoms with Crippen molar-refractivity contribution < 1.29 is 9.47 Å². The third kappa shape index (κ3) is 3.97. The SMILES string of the molecule is N#Cc1c(N2CCCCC2)n(Cc2ccccc2)c2c(=O)n(CC3COc4ccccc4O3)cnc12. The molecular weight excluding hydrogens is 454 g/mol. The van der Waals surface area contributed by atoms with Crippen molar-refractivity contribution in [1.82, 2.24) is 14.1 Å². The lowest BCUT2D eigenvalue weighted by Crippen LogP contribution is -2.37. The van der Waals surface area contributed by atoms with E-state index in [1.807, 2.05) is 59.2 Å². The first-order chi connectivity index (χ1) is 17.7. The molecule has 1 atom stereocenters. The summed E-state index contributed by atoms with van der Waals surface area (Å²) in [6.45, 7) is 2.85. The van der Waals surface area contributed by atoms with Gasteiger partial charge in [-0.05, 0) is 37.0 Å². The maximum absolute atomic E-state index is 13.9. The van der Waals surface area contributed by atoms with Crippen molar-refractivity contribution in [3.8, 4) is 17.6 Å². The van der Waals surface area contributed by atoms with Gasteiger partial charge in [-0.15, -0.1) is 0 Å². The molecule has 0 spiro atoms. The Labute approximate surface area is 208 Å². The highest BCUT2D eigenvalue weighted by Gasteiger charge is 2.28. The molecule has 0 bridgehead atoms. The number of hydrogen-bond donors (Lipinski definition) is 0. The van der Waals surface area contributed by atoms with Gasteiger partial charge in [0.2, 0.25) is 0 Å². The van der Waals surface area contributed by atoms with E-state index in [2.05, 4.69) is 16.0 Å². The number of piperidine rings is 1. The van der Waals surface area contributed by atoms with E-state index < -0.39 is 0 Å². The first-order valence-corrected chi connectivity index (χ1v) is 12.4. The molecule has 2 aliphatic heterocycles. The maximum Gasteiger partial charge on any atom is 0.278 e. The Morgan fingerprint density at radius 2 is 1.75 bits per heavy atom. The first kappa shape index (κ1) is 22.2. The van der Waals surface area contributed by atoms with Gasteiger partial charge in [0.1, 0.15) is 35.1 Å². The van der Waals surface area contributed by atoms with Gasteiger partial charge in [-0.2, -0.15) is 5.26 Å². The molecule has 4 heterocycles. The van der Waals surface area contributed by atoms with Crippen LogP contribution < -0.4 is 19.9 Å². The predicted octanol–water partition coefficient (Wildman–Crippen LogP) is 3.95. The van der Waals surface area contributed by atoms with Crippen molar-refractivity contribution in [2.24, 2.45) is 0 Å². The van der Waals surface area contributed by atoms with Gasteiger partial charge >= 0.3 is 0 Å². The van der Waals surface area contributed by atoms with E-state index in [9.17, 15) is 10.1 Å². The monoisotopic (exact) mass is 481 g/mol. The molecule has 1 saturated heterocycles. The minimum Gasteiger partial charge on any atom is -0.486 e. The van der Waals surface area contributed by atoms with Gasteiger partial charge in [-0.3, -0.25) is 9.36 Å². The van der Waals surface area contributed by atoms with Crippen molar-refractivity contribution >= 4 is 16.9 Å². The number of nitriles is 1. The molecule has 0 radical (unpaired) electrons. The first-order valence-electron chi connectivity index (χ1n) is 12.4. The van der Waals surface area contributed by atoms with Crippen molar-refractivity contribution in [1.29, 1.82) is 5.26 Å². The van der Waals surface area contributed by atoms with Crippen molar-refractivity contribution in [2.45, 2.75) is 38.5 Å². The van der Waals surface area contributed by atoms with E-state index in [0.29, 0.717) is 47.8 Å². The summed E-state index contributed by atoms with van der Waals surface area (Å²) in [5.41, 5.74) is 2.26. The highest BCUT2D eigenvalue weighted by atomic mass is 16.6. The normalized spacial score (nSPS) is 17.2. The number of rotatable bonds is 5. The summed E-state index contributed by atoms with van der Waals surface area (Å²) in [6.07, 6.45) is 4.51. The summed E-state index contributed by atoms with van der Waals surface area (Å²) in [6, 6.07) is 19.9. The second kappa shape index (κ2) is 9.42. The quantitative estimate of drug-likeness (QED) is 0.429. The summed E-state index contributed by atoms with van der Waals surface area (Å²) in [5.74, 6) is 2.17. The van der Waals surface area contributed by atoms with Crippen LogP contribution in [0.3, 0.4) is 0 Å². The molecule has 2 aromatic carbocycles. The van der Waals surface area contributed by atoms with Crippen LogP contribution >= 0.6 is 0 Å². The number of aromatic nitrogens is 3. The van der Waals surface area contributed by atoms with E-state index in [1.54, 1.807) is 4.57 Å². The van der Waals surface area contributed by atoms with Crippen molar-refractivity contribution in [3.05, 3.63) is 82.4 Å². The predicted molar refractivity (Wildman–Crippen MR) is 137 cm³/mol. The number of benzene rings is 2. The smallest absolute Gasteiger partial charge is 0.278 e. The van der Waals surface area contributed by atoms with Gasteiger partial charge in [0.15, 0.2) is 17.6 Å². The molecule has 0 amide bonds. The van der Waals surface area contributed by atoms with Crippen molar-refractivity contribution in [3.63, 3.8) is 0 Å². The van der Waals surface area contributed by atoms with E-state index in [1.165, 1.54) is 12.7 Å². The number of nitrogens with zero attached hydrogens (tertiary/aromatic N) is 5. The lowest BCUT2D eigenvalue weighted by Gasteiger charge is -2.30. The number of ether oxygens (including phenoxy) is 2. The zero-order valence-electron chi connectivity index (χ0n) is 20.0. The summed E-state index contributed by atoms with van der Waals surface area (Å²) in [5, 5.41) is 10.2. The lowest BCUT2D eigenvalue weighted by molar-refractivity contribution is 0.0777. The molecule has 8 nitrogen and oxygen atoms in total. The van der Waals surface area contributed by atoms with Crippen LogP contribution in [-0.4, -0.2) is 39.9 Å². The Morgan fingerprint density at radius 3 is 2.53 bits per heavy atom. The third-order valence-electron chi connectivity index (χ3n) is 6.92. The molecule has 0 saturated carbocycles. The van der Waals surface area contributed by atoms with Crippen LogP contribution in [0.5, 0.6) is 11.5 Å². The highest BCUT2D eigenvalue weighted by molar-refractivity contribution is 5.89. The summed E-state index contributed by atoms with van der Waals surface area (Å²) >= 11 is 0. The fraction of sp³-hybridized carbons (Fsp3) is 0.321. The highest BCUT2D eigenvalue weighted by Crippen LogP contribution is 2.33. The largest absolute Gasteiger partial charge is 0.486 e. The Balaban J connectivity index is 1.44. The molecule has 0 N–H and O–H groups in total. The topological polar surface area (TPSA) is 85.3 Å². The van der Waals surface area contributed by atoms with Crippen LogP contribution in [0.2, 0.25) is 0 Å². The standard InChI is InChI=1S/C28H27N5O3/c29-15-22-25-26(33(16-20-9-3-1-4-10-20)27(22)31-13-7-2-8-14-31)28(34)32(19-30-25)17-21-18-35-23-11-5-6-12-24(23)36-21/h1,3-6,9-12,19,21H,2,7-8,13-14,16-18H2. The van der Waals surface area contributed by atoms with Crippen LogP contribution in [0.25, 0.3) is 11.0 Å². The molecule has 0 aliphatic carbocycles. The molecule has 4 aromatic rings. The Kier molecular flexibility index (Phi) is 5.82. The minimum absolute atomic E-state index is 0.182. The van der Waals surface area contributed by atoms with Crippen LogP contribution in [-0.2, 0) is 13.1 Å². The van der Waals surface area contributed by atoms with Gasteiger partial charge in [0.25, 0.3) is 5.56 Å². The zero-order chi connectivity index (χ0) is 24.5. The second-order valence-corrected chi connectivity index (χ2v) is 9.33. The fourth-order valence-corrected chi connectivity index (χ4v) is 5.21. The summed E-state index contributed by atoms with van der Waals surface area (Å²) in [7, 11) is 0. The van der Waals surface area contributed by atoms with Gasteiger partial charge in [0.05, 0.1) is 12.9 Å². The van der Waals surface area contributed by atoms with Crippen LogP contribution in [0, 0.1) is 11.3 Å². The van der Waals surface area contributed by atoms with E-state index in [4.69, 9.17) is 9.47 Å². The zero-order valence-corrected chi connectivity index (χ0v) is 20.0. The third-order valence-corrected chi connectivity index (χ3v) is 6.92. The Hall–Kier alpha value is -4.25. The fourth-order valence-electron chi connectivity index (χ4n) is 5.21. The average Bonchev–Trinajstić information content (AvgIpc) is 3.25. The maximum atomic E-state index is 13.9. The van der Waals surface area contributed by atoms with Gasteiger partial charge in [-0.1, -0.05) is 42.5 Å². The Bertz CT molecular complexity index is 1500. The van der Waals surface area contributed by atoms with E-state index in [-0.39, 0.29) is 11.7 Å². The van der Waals surface area contributed by atoms with Gasteiger partial charge < -0.3 is 18.9 Å². The Morgan fingerprint density at radius 1 is 1.00 bits per heavy atom.